The molecule has 1 amide bonds. The first-order valence-electron chi connectivity index (χ1n) is 7.20. The Balaban J connectivity index is 2.10. The third kappa shape index (κ3) is 4.95. The number of hydrogen-bond acceptors (Lipinski definition) is 5. The summed E-state index contributed by atoms with van der Waals surface area (Å²) >= 11 is 5.00. The maximum Gasteiger partial charge on any atom is 0.296 e. The van der Waals surface area contributed by atoms with Crippen LogP contribution in [0.2, 0.25) is 0 Å². The second-order valence-electron chi connectivity index (χ2n) is 4.78. The van der Waals surface area contributed by atoms with E-state index in [1.807, 2.05) is 0 Å². The highest BCUT2D eigenvalue weighted by Crippen LogP contribution is 2.29. The summed E-state index contributed by atoms with van der Waals surface area (Å²) in [5, 5.41) is 16.0. The smallest absolute Gasteiger partial charge is 0.296 e. The van der Waals surface area contributed by atoms with E-state index in [4.69, 9.17) is 17.0 Å². The largest absolute Gasteiger partial charge is 0.494 e. The number of nitro benzene ring substituents is 1. The molecule has 130 valence electrons. The van der Waals surface area contributed by atoms with E-state index in [2.05, 4.69) is 10.6 Å². The van der Waals surface area contributed by atoms with E-state index in [9.17, 15) is 19.3 Å². The maximum absolute atomic E-state index is 12.9. The molecule has 25 heavy (non-hydrogen) atoms. The standard InChI is InChI=1S/C16H14FN3O4S/c1-2-24-12-7-8-13(14(9-12)20(22)23)18-16(25)19-15(21)10-3-5-11(17)6-4-10/h3-9H,2H2,1H3,(H2,18,19,21,25). The zero-order chi connectivity index (χ0) is 18.4. The van der Waals surface area contributed by atoms with Crippen LogP contribution in [0.3, 0.4) is 0 Å². The lowest BCUT2D eigenvalue weighted by molar-refractivity contribution is -0.384. The molecule has 0 fully saturated rings. The van der Waals surface area contributed by atoms with Gasteiger partial charge in [-0.1, -0.05) is 0 Å². The van der Waals surface area contributed by atoms with Crippen LogP contribution in [0.1, 0.15) is 17.3 Å². The lowest BCUT2D eigenvalue weighted by Gasteiger charge is -2.11. The minimum atomic E-state index is -0.588. The molecule has 2 N–H and O–H groups in total. The number of anilines is 1. The number of rotatable bonds is 5. The molecule has 0 heterocycles. The monoisotopic (exact) mass is 363 g/mol. The van der Waals surface area contributed by atoms with Crippen molar-refractivity contribution in [3.63, 3.8) is 0 Å². The van der Waals surface area contributed by atoms with Crippen LogP contribution in [0.5, 0.6) is 5.75 Å². The number of nitrogens with one attached hydrogen (secondary N) is 2. The highest BCUT2D eigenvalue weighted by molar-refractivity contribution is 7.80. The Bertz CT molecular complexity index is 812. The Morgan fingerprint density at radius 2 is 1.96 bits per heavy atom. The van der Waals surface area contributed by atoms with E-state index in [1.165, 1.54) is 24.3 Å². The van der Waals surface area contributed by atoms with Crippen LogP contribution in [0.25, 0.3) is 0 Å². The fourth-order valence-electron chi connectivity index (χ4n) is 1.95. The van der Waals surface area contributed by atoms with Crippen LogP contribution >= 0.6 is 12.2 Å². The van der Waals surface area contributed by atoms with Gasteiger partial charge in [0.15, 0.2) is 5.11 Å². The molecule has 2 aromatic carbocycles. The Kier molecular flexibility index (Phi) is 5.96. The molecule has 0 aliphatic heterocycles. The van der Waals surface area contributed by atoms with Gasteiger partial charge in [-0.05, 0) is 55.5 Å². The summed E-state index contributed by atoms with van der Waals surface area (Å²) in [5.74, 6) is -0.686. The maximum atomic E-state index is 12.9. The third-order valence-corrected chi connectivity index (χ3v) is 3.26. The Morgan fingerprint density at radius 3 is 2.56 bits per heavy atom. The van der Waals surface area contributed by atoms with Crippen LogP contribution < -0.4 is 15.4 Å². The molecule has 0 atom stereocenters. The van der Waals surface area contributed by atoms with E-state index in [0.717, 1.165) is 12.1 Å². The molecule has 0 aliphatic rings. The molecule has 0 radical (unpaired) electrons. The lowest BCUT2D eigenvalue weighted by atomic mass is 10.2. The molecule has 0 unspecified atom stereocenters. The molecule has 2 aromatic rings. The predicted molar refractivity (Wildman–Crippen MR) is 94.4 cm³/mol. The van der Waals surface area contributed by atoms with Crippen molar-refractivity contribution in [3.8, 4) is 5.75 Å². The van der Waals surface area contributed by atoms with Gasteiger partial charge in [0.2, 0.25) is 0 Å². The summed E-state index contributed by atoms with van der Waals surface area (Å²) in [4.78, 5) is 22.6. The van der Waals surface area contributed by atoms with E-state index in [-0.39, 0.29) is 22.1 Å². The minimum absolute atomic E-state index is 0.109. The number of thiocarbonyl (C=S) groups is 1. The number of amides is 1. The molecule has 0 spiro atoms. The average Bonchev–Trinajstić information content (AvgIpc) is 2.56. The number of nitro groups is 1. The van der Waals surface area contributed by atoms with Crippen LogP contribution in [0.15, 0.2) is 42.5 Å². The van der Waals surface area contributed by atoms with Gasteiger partial charge >= 0.3 is 0 Å². The molecular weight excluding hydrogens is 349 g/mol. The number of hydrogen-bond donors (Lipinski definition) is 2. The fraction of sp³-hybridized carbons (Fsp3) is 0.125. The van der Waals surface area contributed by atoms with Gasteiger partial charge in [0.25, 0.3) is 11.6 Å². The molecule has 9 heteroatoms. The van der Waals surface area contributed by atoms with Gasteiger partial charge in [0.05, 0.1) is 17.6 Å². The summed E-state index contributed by atoms with van der Waals surface area (Å²) < 4.78 is 18.1. The number of carbonyl (C=O) groups excluding carboxylic acids is 1. The van der Waals surface area contributed by atoms with E-state index in [1.54, 1.807) is 13.0 Å². The number of nitrogens with zero attached hydrogens (tertiary/aromatic N) is 1. The molecule has 0 bridgehead atoms. The Labute approximate surface area is 148 Å². The van der Waals surface area contributed by atoms with Gasteiger partial charge in [-0.2, -0.15) is 0 Å². The summed E-state index contributed by atoms with van der Waals surface area (Å²) in [5.41, 5.74) is 0.0638. The molecule has 0 aliphatic carbocycles. The number of ether oxygens (including phenoxy) is 1. The zero-order valence-electron chi connectivity index (χ0n) is 13.1. The second-order valence-corrected chi connectivity index (χ2v) is 5.19. The average molecular weight is 363 g/mol. The first-order chi connectivity index (χ1) is 11.9. The van der Waals surface area contributed by atoms with Crippen LogP contribution in [-0.4, -0.2) is 22.5 Å². The summed E-state index contributed by atoms with van der Waals surface area (Å²) in [6.45, 7) is 2.13. The molecule has 0 saturated carbocycles. The number of carbonyl (C=O) groups is 1. The van der Waals surface area contributed by atoms with Crippen molar-refractivity contribution >= 4 is 34.6 Å². The summed E-state index contributed by atoms with van der Waals surface area (Å²) in [6.07, 6.45) is 0. The van der Waals surface area contributed by atoms with Crippen LogP contribution in [0.4, 0.5) is 15.8 Å². The normalized spacial score (nSPS) is 10.0. The molecule has 7 nitrogen and oxygen atoms in total. The van der Waals surface area contributed by atoms with Gasteiger partial charge < -0.3 is 10.1 Å². The highest BCUT2D eigenvalue weighted by Gasteiger charge is 2.17. The van der Waals surface area contributed by atoms with Gasteiger partial charge in [-0.3, -0.25) is 20.2 Å². The Morgan fingerprint density at radius 1 is 1.28 bits per heavy atom. The van der Waals surface area contributed by atoms with E-state index >= 15 is 0 Å². The quantitative estimate of drug-likeness (QED) is 0.481. The van der Waals surface area contributed by atoms with Crippen LogP contribution in [-0.2, 0) is 0 Å². The van der Waals surface area contributed by atoms with Crippen molar-refractivity contribution in [2.24, 2.45) is 0 Å². The highest BCUT2D eigenvalue weighted by atomic mass is 32.1. The SMILES string of the molecule is CCOc1ccc(NC(=S)NC(=O)c2ccc(F)cc2)c([N+](=O)[O-])c1. The topological polar surface area (TPSA) is 93.5 Å². The van der Waals surface area contributed by atoms with Crippen LogP contribution in [0, 0.1) is 15.9 Å². The number of halogens is 1. The Hall–Kier alpha value is -3.07. The van der Waals surface area contributed by atoms with Gasteiger partial charge in [-0.25, -0.2) is 4.39 Å². The van der Waals surface area contributed by atoms with Crippen molar-refractivity contribution < 1.29 is 18.8 Å². The van der Waals surface area contributed by atoms with Crippen molar-refractivity contribution in [2.45, 2.75) is 6.92 Å². The molecule has 0 aromatic heterocycles. The fourth-order valence-corrected chi connectivity index (χ4v) is 2.16. The van der Waals surface area contributed by atoms with Gasteiger partial charge in [0.1, 0.15) is 17.3 Å². The van der Waals surface area contributed by atoms with Crippen molar-refractivity contribution in [3.05, 3.63) is 64.0 Å². The number of benzene rings is 2. The van der Waals surface area contributed by atoms with Crippen molar-refractivity contribution in [2.75, 3.05) is 11.9 Å². The summed E-state index contributed by atoms with van der Waals surface area (Å²) in [6, 6.07) is 9.11. The second kappa shape index (κ2) is 8.15. The first kappa shape index (κ1) is 18.3. The minimum Gasteiger partial charge on any atom is -0.494 e. The van der Waals surface area contributed by atoms with Crippen molar-refractivity contribution in [1.82, 2.24) is 5.32 Å². The van der Waals surface area contributed by atoms with Crippen molar-refractivity contribution in [1.29, 1.82) is 0 Å². The summed E-state index contributed by atoms with van der Waals surface area (Å²) in [7, 11) is 0. The van der Waals surface area contributed by atoms with E-state index in [0.29, 0.717) is 12.4 Å². The third-order valence-electron chi connectivity index (χ3n) is 3.06. The van der Waals surface area contributed by atoms with Gasteiger partial charge in [0, 0.05) is 5.56 Å². The molecule has 2 rings (SSSR count). The molecular formula is C16H14FN3O4S. The molecule has 0 saturated heterocycles. The zero-order valence-corrected chi connectivity index (χ0v) is 13.9. The predicted octanol–water partition coefficient (Wildman–Crippen LogP) is 3.26. The lowest BCUT2D eigenvalue weighted by Crippen LogP contribution is -2.34. The first-order valence-corrected chi connectivity index (χ1v) is 7.60. The van der Waals surface area contributed by atoms with Gasteiger partial charge in [-0.15, -0.1) is 0 Å². The van der Waals surface area contributed by atoms with E-state index < -0.39 is 16.6 Å².